The molecule has 0 bridgehead atoms. The van der Waals surface area contributed by atoms with Crippen molar-refractivity contribution in [3.8, 4) is 0 Å². The van der Waals surface area contributed by atoms with E-state index in [1.165, 1.54) is 4.90 Å². The van der Waals surface area contributed by atoms with E-state index in [1.807, 2.05) is 30.3 Å². The van der Waals surface area contributed by atoms with E-state index in [-0.39, 0.29) is 24.1 Å². The number of rotatable bonds is 3. The number of anilines is 1. The fourth-order valence-electron chi connectivity index (χ4n) is 3.97. The minimum Gasteiger partial charge on any atom is -0.327 e. The Balaban J connectivity index is 1.67. The van der Waals surface area contributed by atoms with Gasteiger partial charge < -0.3 is 4.90 Å². The van der Waals surface area contributed by atoms with Crippen LogP contribution in [0.1, 0.15) is 41.6 Å². The Morgan fingerprint density at radius 2 is 1.70 bits per heavy atom. The molecule has 5 nitrogen and oxygen atoms in total. The fourth-order valence-corrected chi connectivity index (χ4v) is 3.97. The van der Waals surface area contributed by atoms with Gasteiger partial charge in [0.05, 0.1) is 11.3 Å². The van der Waals surface area contributed by atoms with Gasteiger partial charge in [0.1, 0.15) is 6.04 Å². The third-order valence-corrected chi connectivity index (χ3v) is 5.36. The molecule has 1 atom stereocenters. The monoisotopic (exact) mass is 362 g/mol. The molecule has 1 saturated heterocycles. The smallest absolute Gasteiger partial charge is 0.256 e. The number of carbonyl (C=O) groups excluding carboxylic acids is 3. The minimum atomic E-state index is -0.542. The van der Waals surface area contributed by atoms with Crippen LogP contribution in [-0.2, 0) is 16.0 Å². The lowest BCUT2D eigenvalue weighted by atomic mass is 10.0. The van der Waals surface area contributed by atoms with E-state index in [0.29, 0.717) is 30.6 Å². The van der Waals surface area contributed by atoms with Crippen molar-refractivity contribution in [2.24, 2.45) is 0 Å². The van der Waals surface area contributed by atoms with Crippen LogP contribution in [0.3, 0.4) is 0 Å². The van der Waals surface area contributed by atoms with Crippen LogP contribution in [0.2, 0.25) is 0 Å². The maximum Gasteiger partial charge on any atom is 0.256 e. The highest BCUT2D eigenvalue weighted by Gasteiger charge is 2.42. The van der Waals surface area contributed by atoms with Crippen molar-refractivity contribution in [2.75, 3.05) is 11.4 Å². The van der Waals surface area contributed by atoms with Gasteiger partial charge in [0.25, 0.3) is 11.8 Å². The van der Waals surface area contributed by atoms with Gasteiger partial charge in [-0.1, -0.05) is 42.5 Å². The van der Waals surface area contributed by atoms with Crippen molar-refractivity contribution in [3.05, 3.63) is 65.7 Å². The molecule has 2 heterocycles. The fraction of sp³-hybridized carbons (Fsp3) is 0.318. The highest BCUT2D eigenvalue weighted by molar-refractivity contribution is 6.22. The van der Waals surface area contributed by atoms with Gasteiger partial charge in [-0.25, -0.2) is 4.90 Å². The summed E-state index contributed by atoms with van der Waals surface area (Å²) in [5, 5.41) is 0. The molecule has 138 valence electrons. The van der Waals surface area contributed by atoms with Crippen LogP contribution in [0.5, 0.6) is 0 Å². The topological polar surface area (TPSA) is 57.7 Å². The summed E-state index contributed by atoms with van der Waals surface area (Å²) in [4.78, 5) is 42.2. The van der Waals surface area contributed by atoms with Crippen molar-refractivity contribution in [1.29, 1.82) is 0 Å². The van der Waals surface area contributed by atoms with Gasteiger partial charge in [0.2, 0.25) is 5.91 Å². The molecule has 0 spiro atoms. The molecular formula is C22H22N2O3. The van der Waals surface area contributed by atoms with Gasteiger partial charge in [-0.2, -0.15) is 0 Å². The zero-order chi connectivity index (χ0) is 18.8. The number of para-hydroxylation sites is 1. The zero-order valence-electron chi connectivity index (χ0n) is 15.1. The number of hydrogen-bond donors (Lipinski definition) is 0. The van der Waals surface area contributed by atoms with E-state index >= 15 is 0 Å². The summed E-state index contributed by atoms with van der Waals surface area (Å²) in [6.45, 7) is 0.565. The van der Waals surface area contributed by atoms with E-state index in [2.05, 4.69) is 0 Å². The van der Waals surface area contributed by atoms with E-state index in [9.17, 15) is 14.4 Å². The number of imide groups is 1. The molecule has 0 saturated carbocycles. The molecule has 27 heavy (non-hydrogen) atoms. The Labute approximate surface area is 158 Å². The number of nitrogens with zero attached hydrogens (tertiary/aromatic N) is 2. The first-order valence-corrected chi connectivity index (χ1v) is 9.47. The Kier molecular flexibility index (Phi) is 4.75. The number of carbonyl (C=O) groups is 3. The zero-order valence-corrected chi connectivity index (χ0v) is 15.1. The second-order valence-corrected chi connectivity index (χ2v) is 7.08. The Morgan fingerprint density at radius 3 is 2.52 bits per heavy atom. The molecule has 0 aliphatic carbocycles. The lowest BCUT2D eigenvalue weighted by Gasteiger charge is -2.34. The molecule has 1 fully saturated rings. The third kappa shape index (κ3) is 3.25. The molecule has 4 rings (SSSR count). The average molecular weight is 362 g/mol. The molecule has 0 radical (unpaired) electrons. The Morgan fingerprint density at radius 1 is 0.963 bits per heavy atom. The van der Waals surface area contributed by atoms with Crippen LogP contribution in [0.4, 0.5) is 5.69 Å². The molecule has 2 aromatic rings. The lowest BCUT2D eigenvalue weighted by molar-refractivity contribution is -0.129. The predicted octanol–water partition coefficient (Wildman–Crippen LogP) is 3.19. The molecule has 2 aliphatic heterocycles. The maximum atomic E-state index is 13.3. The van der Waals surface area contributed by atoms with Crippen LogP contribution in [0, 0.1) is 0 Å². The summed E-state index contributed by atoms with van der Waals surface area (Å²) in [5.41, 5.74) is 1.90. The van der Waals surface area contributed by atoms with Crippen LogP contribution in [-0.4, -0.2) is 35.2 Å². The summed E-state index contributed by atoms with van der Waals surface area (Å²) in [7, 11) is 0. The first-order chi connectivity index (χ1) is 13.2. The van der Waals surface area contributed by atoms with Crippen LogP contribution in [0.15, 0.2) is 54.6 Å². The molecule has 5 heteroatoms. The van der Waals surface area contributed by atoms with Gasteiger partial charge >= 0.3 is 0 Å². The number of amides is 3. The van der Waals surface area contributed by atoms with E-state index in [4.69, 9.17) is 0 Å². The second-order valence-electron chi connectivity index (χ2n) is 7.08. The Bertz CT molecular complexity index is 878. The molecule has 0 aromatic heterocycles. The molecular weight excluding hydrogens is 340 g/mol. The largest absolute Gasteiger partial charge is 0.327 e. The summed E-state index contributed by atoms with van der Waals surface area (Å²) < 4.78 is 0. The predicted molar refractivity (Wildman–Crippen MR) is 102 cm³/mol. The van der Waals surface area contributed by atoms with Gasteiger partial charge in [0, 0.05) is 13.0 Å². The van der Waals surface area contributed by atoms with Crippen LogP contribution < -0.4 is 4.90 Å². The highest BCUT2D eigenvalue weighted by atomic mass is 16.2. The van der Waals surface area contributed by atoms with Crippen molar-refractivity contribution in [1.82, 2.24) is 4.90 Å². The molecule has 0 N–H and O–H groups in total. The number of piperidine rings is 1. The second kappa shape index (κ2) is 7.35. The summed E-state index contributed by atoms with van der Waals surface area (Å²) in [6.07, 6.45) is 3.18. The third-order valence-electron chi connectivity index (χ3n) is 5.36. The van der Waals surface area contributed by atoms with Crippen molar-refractivity contribution < 1.29 is 14.4 Å². The first-order valence-electron chi connectivity index (χ1n) is 9.47. The molecule has 3 amide bonds. The summed E-state index contributed by atoms with van der Waals surface area (Å²) >= 11 is 0. The molecule has 1 unspecified atom stereocenters. The maximum absolute atomic E-state index is 13.3. The van der Waals surface area contributed by atoms with Crippen molar-refractivity contribution in [3.63, 3.8) is 0 Å². The number of benzene rings is 2. The summed E-state index contributed by atoms with van der Waals surface area (Å²) in [5.74, 6) is -0.676. The van der Waals surface area contributed by atoms with Gasteiger partial charge in [-0.3, -0.25) is 14.4 Å². The Hall–Kier alpha value is -2.95. The van der Waals surface area contributed by atoms with E-state index in [1.54, 1.807) is 29.2 Å². The van der Waals surface area contributed by atoms with E-state index < -0.39 is 6.04 Å². The van der Waals surface area contributed by atoms with Gasteiger partial charge in [-0.05, 0) is 43.4 Å². The van der Waals surface area contributed by atoms with Gasteiger partial charge in [-0.15, -0.1) is 0 Å². The molecule has 2 aliphatic rings. The van der Waals surface area contributed by atoms with Crippen LogP contribution in [0.25, 0.3) is 0 Å². The van der Waals surface area contributed by atoms with Gasteiger partial charge in [0.15, 0.2) is 0 Å². The first kappa shape index (κ1) is 17.5. The summed E-state index contributed by atoms with van der Waals surface area (Å²) in [6, 6.07) is 16.1. The van der Waals surface area contributed by atoms with Crippen LogP contribution >= 0.6 is 0 Å². The SMILES string of the molecule is O=C(CCc1ccccc1)N1C(=O)C2CCCCN2C(=O)c2ccccc21. The van der Waals surface area contributed by atoms with E-state index in [0.717, 1.165) is 18.4 Å². The minimum absolute atomic E-state index is 0.151. The number of hydrogen-bond acceptors (Lipinski definition) is 3. The standard InChI is InChI=1S/C22H22N2O3/c25-20(14-13-16-8-2-1-3-9-16)24-18-11-5-4-10-17(18)21(26)23-15-7-6-12-19(23)22(24)27/h1-5,8-11,19H,6-7,12-15H2. The normalized spacial score (nSPS) is 19.3. The molecule has 2 aromatic carbocycles. The van der Waals surface area contributed by atoms with Crippen molar-refractivity contribution in [2.45, 2.75) is 38.1 Å². The highest BCUT2D eigenvalue weighted by Crippen LogP contribution is 2.32. The number of fused-ring (bicyclic) bond motifs is 2. The quantitative estimate of drug-likeness (QED) is 0.843. The van der Waals surface area contributed by atoms with Crippen molar-refractivity contribution >= 4 is 23.4 Å². The average Bonchev–Trinajstić information content (AvgIpc) is 2.81. The lowest BCUT2D eigenvalue weighted by Crippen LogP contribution is -2.52. The number of aryl methyl sites for hydroxylation is 1.